The van der Waals surface area contributed by atoms with Crippen LogP contribution in [0.5, 0.6) is 0 Å². The zero-order valence-corrected chi connectivity index (χ0v) is 32.6. The van der Waals surface area contributed by atoms with Crippen LogP contribution < -0.4 is 0 Å². The van der Waals surface area contributed by atoms with Crippen molar-refractivity contribution < 1.29 is 0 Å². The number of fused-ring (bicyclic) bond motifs is 12. The van der Waals surface area contributed by atoms with Gasteiger partial charge in [0.1, 0.15) is 0 Å². The summed E-state index contributed by atoms with van der Waals surface area (Å²) < 4.78 is 4.96. The molecule has 0 atom stereocenters. The maximum atomic E-state index is 2.50. The van der Waals surface area contributed by atoms with E-state index in [1.807, 2.05) is 0 Å². The number of hydrogen-bond acceptors (Lipinski definition) is 0. The van der Waals surface area contributed by atoms with E-state index in [2.05, 4.69) is 205 Å². The SMILES string of the molecule is Cc1ccc(-c2cc(-n3c4c(c5ccccc53)CCC=C4)cc(-n3c4ccccc4c4ccccc43)c2)cc1-c1cc2c3ccccc3c3ccccc3c2cc1C. The lowest BCUT2D eigenvalue weighted by molar-refractivity contribution is 0.967. The molecule has 0 saturated heterocycles. The van der Waals surface area contributed by atoms with Gasteiger partial charge < -0.3 is 9.13 Å². The second kappa shape index (κ2) is 12.7. The second-order valence-corrected chi connectivity index (χ2v) is 16.1. The van der Waals surface area contributed by atoms with Crippen molar-refractivity contribution in [1.29, 1.82) is 0 Å². The summed E-state index contributed by atoms with van der Waals surface area (Å²) in [5.41, 5.74) is 16.2. The van der Waals surface area contributed by atoms with Gasteiger partial charge in [0.05, 0.1) is 16.6 Å². The van der Waals surface area contributed by atoms with Crippen molar-refractivity contribution >= 4 is 71.1 Å². The first kappa shape index (κ1) is 33.0. The van der Waals surface area contributed by atoms with Crippen LogP contribution >= 0.6 is 0 Å². The fourth-order valence-corrected chi connectivity index (χ4v) is 10.1. The lowest BCUT2D eigenvalue weighted by Crippen LogP contribution is -2.03. The Bertz CT molecular complexity index is 3480. The summed E-state index contributed by atoms with van der Waals surface area (Å²) in [5, 5.41) is 11.7. The Labute approximate surface area is 337 Å². The maximum absolute atomic E-state index is 2.50. The summed E-state index contributed by atoms with van der Waals surface area (Å²) in [6, 6.07) is 63.5. The van der Waals surface area contributed by atoms with Crippen LogP contribution in [0.3, 0.4) is 0 Å². The molecule has 0 aliphatic heterocycles. The maximum Gasteiger partial charge on any atom is 0.0541 e. The third-order valence-corrected chi connectivity index (χ3v) is 12.8. The molecule has 0 saturated carbocycles. The van der Waals surface area contributed by atoms with E-state index in [9.17, 15) is 0 Å². The molecule has 0 unspecified atom stereocenters. The highest BCUT2D eigenvalue weighted by atomic mass is 15.0. The molecule has 12 rings (SSSR count). The van der Waals surface area contributed by atoms with Crippen LogP contribution in [-0.2, 0) is 6.42 Å². The number of aryl methyl sites for hydroxylation is 3. The molecule has 2 aromatic heterocycles. The number of para-hydroxylation sites is 3. The molecule has 9 aromatic carbocycles. The molecule has 2 heterocycles. The van der Waals surface area contributed by atoms with Gasteiger partial charge >= 0.3 is 0 Å². The first-order valence-corrected chi connectivity index (χ1v) is 20.5. The van der Waals surface area contributed by atoms with Gasteiger partial charge in [-0.1, -0.05) is 127 Å². The number of benzene rings is 9. The van der Waals surface area contributed by atoms with Crippen LogP contribution in [0, 0.1) is 13.8 Å². The third-order valence-electron chi connectivity index (χ3n) is 12.8. The Kier molecular flexibility index (Phi) is 7.22. The van der Waals surface area contributed by atoms with Crippen LogP contribution in [-0.4, -0.2) is 9.13 Å². The van der Waals surface area contributed by atoms with E-state index >= 15 is 0 Å². The minimum Gasteiger partial charge on any atom is -0.309 e. The smallest absolute Gasteiger partial charge is 0.0541 e. The van der Waals surface area contributed by atoms with E-state index in [4.69, 9.17) is 0 Å². The summed E-state index contributed by atoms with van der Waals surface area (Å²) in [4.78, 5) is 0. The lowest BCUT2D eigenvalue weighted by atomic mass is 9.87. The van der Waals surface area contributed by atoms with Crippen LogP contribution in [0.4, 0.5) is 0 Å². The number of allylic oxidation sites excluding steroid dienone is 1. The average Bonchev–Trinajstić information content (AvgIpc) is 3.80. The third kappa shape index (κ3) is 4.85. The van der Waals surface area contributed by atoms with Gasteiger partial charge in [0, 0.05) is 33.2 Å². The van der Waals surface area contributed by atoms with Crippen molar-refractivity contribution in [1.82, 2.24) is 9.13 Å². The molecule has 2 nitrogen and oxygen atoms in total. The molecule has 0 spiro atoms. The standard InChI is InChI=1S/C56H40N2/c1-35-27-28-37(32-49(35)50-34-52-44-18-6-4-16-42(44)41-15-3-5-17-43(41)51(52)29-36(50)2)38-30-39(57-53-23-11-7-19-45(53)46-20-8-12-24-54(46)57)33-40(31-38)58-55-25-13-9-21-47(55)48-22-10-14-26-56(48)58/h3-9,11-21,23-34H,10,22H2,1-2H3. The van der Waals surface area contributed by atoms with Crippen LogP contribution in [0.1, 0.15) is 28.8 Å². The second-order valence-electron chi connectivity index (χ2n) is 16.1. The van der Waals surface area contributed by atoms with Crippen LogP contribution in [0.2, 0.25) is 0 Å². The Hall–Kier alpha value is -7.16. The van der Waals surface area contributed by atoms with Gasteiger partial charge in [-0.15, -0.1) is 0 Å². The van der Waals surface area contributed by atoms with Gasteiger partial charge in [0.15, 0.2) is 0 Å². The van der Waals surface area contributed by atoms with E-state index < -0.39 is 0 Å². The molecular formula is C56H40N2. The zero-order chi connectivity index (χ0) is 38.5. The summed E-state index contributed by atoms with van der Waals surface area (Å²) >= 11 is 0. The fraction of sp³-hybridized carbons (Fsp3) is 0.0714. The number of nitrogens with zero attached hydrogens (tertiary/aromatic N) is 2. The van der Waals surface area contributed by atoms with Crippen LogP contribution in [0.15, 0.2) is 176 Å². The van der Waals surface area contributed by atoms with E-state index in [-0.39, 0.29) is 0 Å². The molecule has 0 fully saturated rings. The average molecular weight is 741 g/mol. The molecule has 1 aliphatic carbocycles. The van der Waals surface area contributed by atoms with Crippen LogP contribution in [0.25, 0.3) is 105 Å². The minimum atomic E-state index is 1.05. The van der Waals surface area contributed by atoms with Gasteiger partial charge in [-0.3, -0.25) is 0 Å². The molecule has 0 N–H and O–H groups in total. The normalized spacial score (nSPS) is 12.8. The van der Waals surface area contributed by atoms with E-state index in [0.29, 0.717) is 0 Å². The lowest BCUT2D eigenvalue weighted by Gasteiger charge is -2.19. The molecule has 274 valence electrons. The van der Waals surface area contributed by atoms with Crippen molar-refractivity contribution in [2.75, 3.05) is 0 Å². The fourth-order valence-electron chi connectivity index (χ4n) is 10.1. The Balaban J connectivity index is 1.12. The molecule has 58 heavy (non-hydrogen) atoms. The van der Waals surface area contributed by atoms with Crippen molar-refractivity contribution in [2.24, 2.45) is 0 Å². The van der Waals surface area contributed by atoms with Crippen molar-refractivity contribution in [2.45, 2.75) is 26.7 Å². The van der Waals surface area contributed by atoms with E-state index in [1.165, 1.54) is 115 Å². The largest absolute Gasteiger partial charge is 0.309 e. The topological polar surface area (TPSA) is 9.86 Å². The Morgan fingerprint density at radius 1 is 0.379 bits per heavy atom. The highest BCUT2D eigenvalue weighted by Gasteiger charge is 2.21. The first-order chi connectivity index (χ1) is 28.6. The highest BCUT2D eigenvalue weighted by Crippen LogP contribution is 2.42. The summed E-state index contributed by atoms with van der Waals surface area (Å²) in [6.45, 7) is 4.53. The quantitative estimate of drug-likeness (QED) is 0.159. The van der Waals surface area contributed by atoms with Gasteiger partial charge in [0.2, 0.25) is 0 Å². The molecule has 1 aliphatic rings. The van der Waals surface area contributed by atoms with E-state index in [0.717, 1.165) is 18.5 Å². The number of rotatable bonds is 4. The van der Waals surface area contributed by atoms with Crippen molar-refractivity contribution in [3.05, 3.63) is 198 Å². The summed E-state index contributed by atoms with van der Waals surface area (Å²) in [6.07, 6.45) is 6.79. The van der Waals surface area contributed by atoms with Crippen molar-refractivity contribution in [3.8, 4) is 33.6 Å². The van der Waals surface area contributed by atoms with Gasteiger partial charge in [0.25, 0.3) is 0 Å². The number of aromatic nitrogens is 2. The predicted molar refractivity (Wildman–Crippen MR) is 248 cm³/mol. The first-order valence-electron chi connectivity index (χ1n) is 20.5. The molecule has 0 amide bonds. The Morgan fingerprint density at radius 3 is 1.52 bits per heavy atom. The predicted octanol–water partition coefficient (Wildman–Crippen LogP) is 15.1. The zero-order valence-electron chi connectivity index (χ0n) is 32.6. The van der Waals surface area contributed by atoms with E-state index in [1.54, 1.807) is 0 Å². The van der Waals surface area contributed by atoms with Gasteiger partial charge in [-0.25, -0.2) is 0 Å². The van der Waals surface area contributed by atoms with Gasteiger partial charge in [-0.05, 0) is 153 Å². The number of hydrogen-bond donors (Lipinski definition) is 0. The molecule has 2 heteroatoms. The monoisotopic (exact) mass is 740 g/mol. The summed E-state index contributed by atoms with van der Waals surface area (Å²) in [5.74, 6) is 0. The molecule has 11 aromatic rings. The summed E-state index contributed by atoms with van der Waals surface area (Å²) in [7, 11) is 0. The molecule has 0 radical (unpaired) electrons. The molecular weight excluding hydrogens is 701 g/mol. The Morgan fingerprint density at radius 2 is 0.879 bits per heavy atom. The highest BCUT2D eigenvalue weighted by molar-refractivity contribution is 6.26. The van der Waals surface area contributed by atoms with Crippen molar-refractivity contribution in [3.63, 3.8) is 0 Å². The minimum absolute atomic E-state index is 1.05. The molecule has 0 bridgehead atoms. The van der Waals surface area contributed by atoms with Gasteiger partial charge in [-0.2, -0.15) is 0 Å².